The normalized spacial score (nSPS) is 20.8. The van der Waals surface area contributed by atoms with Gasteiger partial charge in [0.2, 0.25) is 11.8 Å². The molecule has 8 heteroatoms. The van der Waals surface area contributed by atoms with Gasteiger partial charge in [-0.05, 0) is 49.8 Å². The minimum atomic E-state index is -1.19. The quantitative estimate of drug-likeness (QED) is 0.684. The van der Waals surface area contributed by atoms with Crippen molar-refractivity contribution in [2.45, 2.75) is 64.0 Å². The summed E-state index contributed by atoms with van der Waals surface area (Å²) in [5.41, 5.74) is 0.552. The Balaban J connectivity index is 2.17. The third-order valence-corrected chi connectivity index (χ3v) is 5.12. The van der Waals surface area contributed by atoms with E-state index in [1.807, 2.05) is 11.8 Å². The topological polar surface area (TPSA) is 99.1 Å². The molecule has 1 heterocycles. The van der Waals surface area contributed by atoms with Gasteiger partial charge in [0.05, 0.1) is 25.4 Å². The zero-order chi connectivity index (χ0) is 21.9. The molecule has 1 aliphatic heterocycles. The van der Waals surface area contributed by atoms with E-state index in [1.165, 1.54) is 12.1 Å². The lowest BCUT2D eigenvalue weighted by Crippen LogP contribution is -2.46. The number of rotatable bonds is 4. The average Bonchev–Trinajstić information content (AvgIpc) is 2.70. The maximum atomic E-state index is 14.0. The summed E-state index contributed by atoms with van der Waals surface area (Å²) in [7, 11) is 0. The van der Waals surface area contributed by atoms with Gasteiger partial charge in [0, 0.05) is 32.0 Å². The number of carbonyl (C=O) groups excluding carboxylic acids is 2. The number of fused-ring (bicyclic) bond motifs is 2. The number of aliphatic hydroxyl groups is 2. The number of hydrogen-bond donors (Lipinski definition) is 3. The highest BCUT2D eigenvalue weighted by Crippen LogP contribution is 2.19. The number of ether oxygens (including phenoxy) is 1. The van der Waals surface area contributed by atoms with Crippen LogP contribution >= 0.6 is 0 Å². The molecule has 0 spiro atoms. The van der Waals surface area contributed by atoms with Crippen molar-refractivity contribution in [3.05, 3.63) is 29.6 Å². The lowest BCUT2D eigenvalue weighted by Gasteiger charge is -2.23. The lowest BCUT2D eigenvalue weighted by atomic mass is 10.0. The molecule has 0 unspecified atom stereocenters. The Hall–Kier alpha value is -2.19. The largest absolute Gasteiger partial charge is 0.493 e. The molecule has 0 aromatic heterocycles. The fraction of sp³-hybridized carbons (Fsp3) is 0.636. The molecule has 0 radical (unpaired) electrons. The SMILES string of the molecule is CCCN1CCCCOc2cc(F)cc(c2)C[C@@H]([C@H](O)CO)NC(=O)CCCC1=O. The van der Waals surface area contributed by atoms with E-state index in [2.05, 4.69) is 5.32 Å². The number of halogens is 1. The van der Waals surface area contributed by atoms with Gasteiger partial charge < -0.3 is 25.2 Å². The van der Waals surface area contributed by atoms with Gasteiger partial charge in [0.15, 0.2) is 0 Å². The molecule has 168 valence electrons. The Morgan fingerprint density at radius 3 is 2.77 bits per heavy atom. The third-order valence-electron chi connectivity index (χ3n) is 5.12. The highest BCUT2D eigenvalue weighted by molar-refractivity contribution is 5.79. The maximum absolute atomic E-state index is 14.0. The van der Waals surface area contributed by atoms with Crippen molar-refractivity contribution in [2.75, 3.05) is 26.3 Å². The van der Waals surface area contributed by atoms with Crippen molar-refractivity contribution >= 4 is 11.8 Å². The number of carbonyl (C=O) groups is 2. The molecular formula is C22H33FN2O5. The standard InChI is InChI=1S/C22H33FN2O5/c1-2-8-25-9-3-4-10-30-18-12-16(11-17(23)14-18)13-19(20(27)15-26)24-21(28)6-5-7-22(25)29/h11-12,14,19-20,26-27H,2-10,13,15H2,1H3,(H,24,28)/t19-,20+/m0/s1. The van der Waals surface area contributed by atoms with Crippen LogP contribution in [0.3, 0.4) is 0 Å². The van der Waals surface area contributed by atoms with Crippen LogP contribution in [0.4, 0.5) is 4.39 Å². The zero-order valence-electron chi connectivity index (χ0n) is 17.6. The third kappa shape index (κ3) is 7.91. The molecule has 1 aromatic carbocycles. The van der Waals surface area contributed by atoms with Gasteiger partial charge in [-0.25, -0.2) is 4.39 Å². The van der Waals surface area contributed by atoms with Crippen LogP contribution in [0.25, 0.3) is 0 Å². The van der Waals surface area contributed by atoms with Crippen LogP contribution in [-0.2, 0) is 16.0 Å². The summed E-state index contributed by atoms with van der Waals surface area (Å²) >= 11 is 0. The van der Waals surface area contributed by atoms with Gasteiger partial charge >= 0.3 is 0 Å². The number of nitrogens with zero attached hydrogens (tertiary/aromatic N) is 1. The summed E-state index contributed by atoms with van der Waals surface area (Å²) in [6.45, 7) is 3.18. The second-order valence-corrected chi connectivity index (χ2v) is 7.71. The highest BCUT2D eigenvalue weighted by atomic mass is 19.1. The Morgan fingerprint density at radius 2 is 2.03 bits per heavy atom. The van der Waals surface area contributed by atoms with Crippen LogP contribution in [0.1, 0.15) is 51.0 Å². The van der Waals surface area contributed by atoms with Gasteiger partial charge in [-0.1, -0.05) is 6.92 Å². The molecule has 0 aliphatic carbocycles. The Morgan fingerprint density at radius 1 is 1.23 bits per heavy atom. The molecule has 0 saturated heterocycles. The number of nitrogens with one attached hydrogen (secondary N) is 1. The summed E-state index contributed by atoms with van der Waals surface area (Å²) in [6.07, 6.45) is 2.14. The number of benzene rings is 1. The molecule has 2 atom stereocenters. The molecule has 1 aliphatic rings. The molecule has 30 heavy (non-hydrogen) atoms. The maximum Gasteiger partial charge on any atom is 0.222 e. The number of hydrogen-bond acceptors (Lipinski definition) is 5. The minimum Gasteiger partial charge on any atom is -0.493 e. The Kier molecular flexibility index (Phi) is 10.0. The first-order valence-electron chi connectivity index (χ1n) is 10.7. The van der Waals surface area contributed by atoms with Crippen LogP contribution in [0.2, 0.25) is 0 Å². The zero-order valence-corrected chi connectivity index (χ0v) is 17.6. The van der Waals surface area contributed by atoms with Gasteiger partial charge in [-0.2, -0.15) is 0 Å². The van der Waals surface area contributed by atoms with E-state index in [0.717, 1.165) is 19.3 Å². The van der Waals surface area contributed by atoms with Crippen LogP contribution in [0.15, 0.2) is 18.2 Å². The Bertz CT molecular complexity index is 700. The van der Waals surface area contributed by atoms with E-state index in [9.17, 15) is 24.2 Å². The summed E-state index contributed by atoms with van der Waals surface area (Å²) in [4.78, 5) is 26.6. The van der Waals surface area contributed by atoms with Gasteiger partial charge in [-0.15, -0.1) is 0 Å². The summed E-state index contributed by atoms with van der Waals surface area (Å²) in [5.74, 6) is -0.391. The highest BCUT2D eigenvalue weighted by Gasteiger charge is 2.22. The van der Waals surface area contributed by atoms with Crippen molar-refractivity contribution in [3.63, 3.8) is 0 Å². The minimum absolute atomic E-state index is 0.0237. The van der Waals surface area contributed by atoms with E-state index in [4.69, 9.17) is 4.74 Å². The molecule has 2 rings (SSSR count). The van der Waals surface area contributed by atoms with E-state index in [-0.39, 0.29) is 31.1 Å². The predicted molar refractivity (Wildman–Crippen MR) is 111 cm³/mol. The monoisotopic (exact) mass is 424 g/mol. The van der Waals surface area contributed by atoms with Crippen molar-refractivity contribution in [1.29, 1.82) is 0 Å². The fourth-order valence-electron chi connectivity index (χ4n) is 3.55. The first-order chi connectivity index (χ1) is 14.4. The fourth-order valence-corrected chi connectivity index (χ4v) is 3.55. The van der Waals surface area contributed by atoms with Crippen LogP contribution in [0.5, 0.6) is 5.75 Å². The molecule has 0 fully saturated rings. The summed E-state index contributed by atoms with van der Waals surface area (Å²) in [6, 6.07) is 3.52. The van der Waals surface area contributed by atoms with E-state index < -0.39 is 24.6 Å². The second kappa shape index (κ2) is 12.5. The lowest BCUT2D eigenvalue weighted by molar-refractivity contribution is -0.131. The van der Waals surface area contributed by atoms with E-state index >= 15 is 0 Å². The molecule has 7 nitrogen and oxygen atoms in total. The van der Waals surface area contributed by atoms with E-state index in [0.29, 0.717) is 37.4 Å². The van der Waals surface area contributed by atoms with Crippen LogP contribution in [-0.4, -0.2) is 65.4 Å². The molecule has 3 N–H and O–H groups in total. The molecular weight excluding hydrogens is 391 g/mol. The second-order valence-electron chi connectivity index (χ2n) is 7.71. The molecule has 0 saturated carbocycles. The van der Waals surface area contributed by atoms with Crippen molar-refractivity contribution in [3.8, 4) is 5.75 Å². The molecule has 2 amide bonds. The number of amides is 2. The van der Waals surface area contributed by atoms with Gasteiger partial charge in [0.25, 0.3) is 0 Å². The molecule has 1 aromatic rings. The average molecular weight is 425 g/mol. The smallest absolute Gasteiger partial charge is 0.222 e. The Labute approximate surface area is 177 Å². The first kappa shape index (κ1) is 24.1. The van der Waals surface area contributed by atoms with E-state index in [1.54, 1.807) is 6.07 Å². The predicted octanol–water partition coefficient (Wildman–Crippen LogP) is 1.79. The summed E-state index contributed by atoms with van der Waals surface area (Å²) in [5, 5.41) is 22.2. The van der Waals surface area contributed by atoms with Crippen molar-refractivity contribution in [2.24, 2.45) is 0 Å². The van der Waals surface area contributed by atoms with Crippen molar-refractivity contribution in [1.82, 2.24) is 10.2 Å². The van der Waals surface area contributed by atoms with Gasteiger partial charge in [0.1, 0.15) is 11.6 Å². The first-order valence-corrected chi connectivity index (χ1v) is 10.7. The van der Waals surface area contributed by atoms with Gasteiger partial charge in [-0.3, -0.25) is 9.59 Å². The summed E-state index contributed by atoms with van der Waals surface area (Å²) < 4.78 is 19.7. The van der Waals surface area contributed by atoms with Crippen LogP contribution in [0, 0.1) is 5.82 Å². The molecule has 2 bridgehead atoms. The van der Waals surface area contributed by atoms with Crippen LogP contribution < -0.4 is 10.1 Å². The number of aliphatic hydroxyl groups excluding tert-OH is 2. The van der Waals surface area contributed by atoms with Crippen molar-refractivity contribution < 1.29 is 28.9 Å².